The standard InChI is InChI=1S/C23H24N4O4/c1-24-17(14-6-3-2-4-7-14)13-25-12-15-8-5-9-16-20(15)23(31)27(22(16)30)18-10-11-19(28)26-21(18)29/h2-9,17-18,24-25H,10-13H2,1H3,(H,26,28,29). The van der Waals surface area contributed by atoms with E-state index in [4.69, 9.17) is 0 Å². The summed E-state index contributed by atoms with van der Waals surface area (Å²) in [5.74, 6) is -1.97. The predicted octanol–water partition coefficient (Wildman–Crippen LogP) is 1.14. The SMILES string of the molecule is CNC(CNCc1cccc2c1C(=O)N(C1CCC(=O)NC1=O)C2=O)c1ccccc1. The average Bonchev–Trinajstić information content (AvgIpc) is 3.03. The Morgan fingerprint density at radius 2 is 1.81 bits per heavy atom. The minimum absolute atomic E-state index is 0.0928. The zero-order valence-electron chi connectivity index (χ0n) is 17.2. The fraction of sp³-hybridized carbons (Fsp3) is 0.304. The van der Waals surface area contributed by atoms with E-state index in [-0.39, 0.29) is 24.8 Å². The first-order valence-electron chi connectivity index (χ1n) is 10.3. The van der Waals surface area contributed by atoms with Crippen LogP contribution in [0.15, 0.2) is 48.5 Å². The molecule has 2 atom stereocenters. The smallest absolute Gasteiger partial charge is 0.262 e. The van der Waals surface area contributed by atoms with E-state index >= 15 is 0 Å². The van der Waals surface area contributed by atoms with Crippen molar-refractivity contribution in [2.45, 2.75) is 31.5 Å². The van der Waals surface area contributed by atoms with E-state index in [0.29, 0.717) is 29.8 Å². The third-order valence-electron chi connectivity index (χ3n) is 5.77. The molecule has 2 heterocycles. The van der Waals surface area contributed by atoms with Crippen LogP contribution in [0.4, 0.5) is 0 Å². The zero-order valence-corrected chi connectivity index (χ0v) is 17.2. The van der Waals surface area contributed by atoms with Gasteiger partial charge in [-0.3, -0.25) is 29.4 Å². The van der Waals surface area contributed by atoms with Crippen molar-refractivity contribution in [2.24, 2.45) is 0 Å². The van der Waals surface area contributed by atoms with Gasteiger partial charge in [0.2, 0.25) is 11.8 Å². The molecule has 1 saturated heterocycles. The number of piperidine rings is 1. The summed E-state index contributed by atoms with van der Waals surface area (Å²) in [5, 5.41) is 8.84. The number of hydrogen-bond donors (Lipinski definition) is 3. The lowest BCUT2D eigenvalue weighted by molar-refractivity contribution is -0.136. The minimum Gasteiger partial charge on any atom is -0.312 e. The van der Waals surface area contributed by atoms with Crippen molar-refractivity contribution in [2.75, 3.05) is 13.6 Å². The highest BCUT2D eigenvalue weighted by molar-refractivity contribution is 6.24. The van der Waals surface area contributed by atoms with Crippen LogP contribution in [0, 0.1) is 0 Å². The fourth-order valence-corrected chi connectivity index (χ4v) is 4.16. The van der Waals surface area contributed by atoms with Crippen LogP contribution in [0.25, 0.3) is 0 Å². The summed E-state index contributed by atoms with van der Waals surface area (Å²) < 4.78 is 0. The van der Waals surface area contributed by atoms with Gasteiger partial charge in [0.05, 0.1) is 11.1 Å². The molecule has 3 N–H and O–H groups in total. The molecule has 0 aliphatic carbocycles. The van der Waals surface area contributed by atoms with Crippen LogP contribution in [0.3, 0.4) is 0 Å². The molecule has 8 heteroatoms. The van der Waals surface area contributed by atoms with Crippen LogP contribution in [0.1, 0.15) is 50.7 Å². The molecule has 0 spiro atoms. The second-order valence-electron chi connectivity index (χ2n) is 7.67. The first-order chi connectivity index (χ1) is 15.0. The van der Waals surface area contributed by atoms with Gasteiger partial charge < -0.3 is 10.6 Å². The summed E-state index contributed by atoms with van der Waals surface area (Å²) in [4.78, 5) is 50.7. The molecule has 2 aliphatic rings. The number of nitrogens with zero attached hydrogens (tertiary/aromatic N) is 1. The number of nitrogens with one attached hydrogen (secondary N) is 3. The van der Waals surface area contributed by atoms with E-state index in [1.54, 1.807) is 12.1 Å². The van der Waals surface area contributed by atoms with Crippen molar-refractivity contribution in [1.82, 2.24) is 20.9 Å². The Bertz CT molecular complexity index is 1040. The molecule has 8 nitrogen and oxygen atoms in total. The van der Waals surface area contributed by atoms with E-state index in [9.17, 15) is 19.2 Å². The topological polar surface area (TPSA) is 108 Å². The maximum absolute atomic E-state index is 13.1. The maximum atomic E-state index is 13.1. The molecule has 2 aromatic rings. The lowest BCUT2D eigenvalue weighted by Crippen LogP contribution is -2.54. The normalized spacial score (nSPS) is 19.4. The van der Waals surface area contributed by atoms with E-state index in [0.717, 1.165) is 10.5 Å². The Labute approximate surface area is 180 Å². The molecule has 31 heavy (non-hydrogen) atoms. The van der Waals surface area contributed by atoms with E-state index in [2.05, 4.69) is 16.0 Å². The predicted molar refractivity (Wildman–Crippen MR) is 113 cm³/mol. The summed E-state index contributed by atoms with van der Waals surface area (Å²) in [6.07, 6.45) is 0.244. The van der Waals surface area contributed by atoms with Gasteiger partial charge in [0.15, 0.2) is 0 Å². The molecule has 0 saturated carbocycles. The average molecular weight is 420 g/mol. The van der Waals surface area contributed by atoms with Gasteiger partial charge in [-0.05, 0) is 30.7 Å². The van der Waals surface area contributed by atoms with Crippen molar-refractivity contribution >= 4 is 23.6 Å². The van der Waals surface area contributed by atoms with Gasteiger partial charge in [-0.1, -0.05) is 42.5 Å². The fourth-order valence-electron chi connectivity index (χ4n) is 4.16. The third-order valence-corrected chi connectivity index (χ3v) is 5.77. The van der Waals surface area contributed by atoms with Gasteiger partial charge in [0, 0.05) is 25.6 Å². The molecule has 0 aromatic heterocycles. The van der Waals surface area contributed by atoms with Crippen molar-refractivity contribution in [3.63, 3.8) is 0 Å². The first kappa shape index (κ1) is 20.9. The van der Waals surface area contributed by atoms with E-state index in [1.807, 2.05) is 43.4 Å². The number of likely N-dealkylation sites (N-methyl/N-ethyl adjacent to an activating group) is 1. The van der Waals surface area contributed by atoms with Crippen LogP contribution in [0.2, 0.25) is 0 Å². The maximum Gasteiger partial charge on any atom is 0.262 e. The van der Waals surface area contributed by atoms with Crippen molar-refractivity contribution in [1.29, 1.82) is 0 Å². The summed E-state index contributed by atoms with van der Waals surface area (Å²) in [5.41, 5.74) is 2.47. The molecule has 4 amide bonds. The Morgan fingerprint density at radius 3 is 2.52 bits per heavy atom. The molecule has 1 fully saturated rings. The second kappa shape index (κ2) is 8.79. The van der Waals surface area contributed by atoms with Crippen LogP contribution < -0.4 is 16.0 Å². The van der Waals surface area contributed by atoms with Gasteiger partial charge in [0.1, 0.15) is 6.04 Å². The van der Waals surface area contributed by atoms with Crippen LogP contribution in [-0.2, 0) is 16.1 Å². The van der Waals surface area contributed by atoms with Crippen molar-refractivity contribution < 1.29 is 19.2 Å². The number of imide groups is 2. The van der Waals surface area contributed by atoms with Gasteiger partial charge in [-0.15, -0.1) is 0 Å². The molecule has 160 valence electrons. The molecule has 2 unspecified atom stereocenters. The van der Waals surface area contributed by atoms with Crippen LogP contribution >= 0.6 is 0 Å². The molecule has 2 aliphatic heterocycles. The molecular formula is C23H24N4O4. The van der Waals surface area contributed by atoms with Crippen molar-refractivity contribution in [3.05, 3.63) is 70.8 Å². The third kappa shape index (κ3) is 3.99. The summed E-state index contributed by atoms with van der Waals surface area (Å²) in [6, 6.07) is 14.3. The number of hydrogen-bond acceptors (Lipinski definition) is 6. The number of amides is 4. The highest BCUT2D eigenvalue weighted by Crippen LogP contribution is 2.30. The number of fused-ring (bicyclic) bond motifs is 1. The molecule has 0 radical (unpaired) electrons. The number of rotatable bonds is 7. The van der Waals surface area contributed by atoms with Crippen LogP contribution in [0.5, 0.6) is 0 Å². The summed E-state index contributed by atoms with van der Waals surface area (Å²) >= 11 is 0. The first-order valence-corrected chi connectivity index (χ1v) is 10.3. The van der Waals surface area contributed by atoms with E-state index < -0.39 is 23.8 Å². The Balaban J connectivity index is 1.50. The largest absolute Gasteiger partial charge is 0.312 e. The number of benzene rings is 2. The highest BCUT2D eigenvalue weighted by Gasteiger charge is 2.45. The van der Waals surface area contributed by atoms with Gasteiger partial charge in [-0.2, -0.15) is 0 Å². The minimum atomic E-state index is -0.960. The van der Waals surface area contributed by atoms with Gasteiger partial charge in [-0.25, -0.2) is 0 Å². The number of carbonyl (C=O) groups is 4. The Kier molecular flexibility index (Phi) is 5.92. The van der Waals surface area contributed by atoms with Gasteiger partial charge in [0.25, 0.3) is 11.8 Å². The monoisotopic (exact) mass is 420 g/mol. The molecular weight excluding hydrogens is 396 g/mol. The van der Waals surface area contributed by atoms with Crippen LogP contribution in [-0.4, -0.2) is 48.2 Å². The van der Waals surface area contributed by atoms with Crippen molar-refractivity contribution in [3.8, 4) is 0 Å². The molecule has 4 rings (SSSR count). The Hall–Kier alpha value is -3.36. The summed E-state index contributed by atoms with van der Waals surface area (Å²) in [7, 11) is 1.89. The lowest BCUT2D eigenvalue weighted by atomic mass is 10.0. The number of carbonyl (C=O) groups excluding carboxylic acids is 4. The quantitative estimate of drug-likeness (QED) is 0.580. The van der Waals surface area contributed by atoms with Gasteiger partial charge >= 0.3 is 0 Å². The highest BCUT2D eigenvalue weighted by atomic mass is 16.2. The second-order valence-corrected chi connectivity index (χ2v) is 7.67. The summed E-state index contributed by atoms with van der Waals surface area (Å²) in [6.45, 7) is 1.03. The molecule has 2 aromatic carbocycles. The lowest BCUT2D eigenvalue weighted by Gasteiger charge is -2.27. The zero-order chi connectivity index (χ0) is 22.0. The Morgan fingerprint density at radius 1 is 1.03 bits per heavy atom. The molecule has 0 bridgehead atoms. The van der Waals surface area contributed by atoms with E-state index in [1.165, 1.54) is 0 Å².